The Kier molecular flexibility index (Phi) is 3.84. The molecular formula is C9H6ClF3O4. The number of aliphatic hydroxyl groups is 1. The minimum Gasteiger partial charge on any atom is -0.479 e. The molecule has 0 radical (unpaired) electrons. The van der Waals surface area contributed by atoms with Gasteiger partial charge in [-0.05, 0) is 6.07 Å². The lowest BCUT2D eigenvalue weighted by molar-refractivity contribution is -0.274. The molecule has 0 bridgehead atoms. The van der Waals surface area contributed by atoms with Crippen molar-refractivity contribution in [3.05, 3.63) is 28.8 Å². The van der Waals surface area contributed by atoms with Gasteiger partial charge < -0.3 is 14.9 Å². The number of hydrogen-bond acceptors (Lipinski definition) is 3. The number of alkyl halides is 3. The first-order valence-electron chi connectivity index (χ1n) is 4.17. The summed E-state index contributed by atoms with van der Waals surface area (Å²) in [6.45, 7) is 0. The summed E-state index contributed by atoms with van der Waals surface area (Å²) in [5, 5.41) is 17.1. The largest absolute Gasteiger partial charge is 0.573 e. The summed E-state index contributed by atoms with van der Waals surface area (Å²) in [5.41, 5.74) is -0.374. The van der Waals surface area contributed by atoms with Gasteiger partial charge in [0.15, 0.2) is 6.10 Å². The highest BCUT2D eigenvalue weighted by Crippen LogP contribution is 2.35. The van der Waals surface area contributed by atoms with Crippen molar-refractivity contribution in [1.82, 2.24) is 0 Å². The van der Waals surface area contributed by atoms with Gasteiger partial charge in [-0.25, -0.2) is 4.79 Å². The minimum absolute atomic E-state index is 0.374. The van der Waals surface area contributed by atoms with Crippen LogP contribution in [0.1, 0.15) is 11.7 Å². The van der Waals surface area contributed by atoms with E-state index in [1.54, 1.807) is 0 Å². The summed E-state index contributed by atoms with van der Waals surface area (Å²) in [5.74, 6) is -2.40. The van der Waals surface area contributed by atoms with E-state index >= 15 is 0 Å². The maximum atomic E-state index is 12.0. The van der Waals surface area contributed by atoms with Crippen LogP contribution in [-0.2, 0) is 4.79 Å². The van der Waals surface area contributed by atoms with Crippen molar-refractivity contribution >= 4 is 17.6 Å². The standard InChI is InChI=1S/C9H6ClF3O4/c10-6-4(7(14)8(15)16)2-1-3-5(6)17-9(11,12)13/h1-3,7,14H,(H,15,16). The number of ether oxygens (including phenoxy) is 1. The first-order valence-corrected chi connectivity index (χ1v) is 4.55. The lowest BCUT2D eigenvalue weighted by atomic mass is 10.1. The monoisotopic (exact) mass is 270 g/mol. The topological polar surface area (TPSA) is 66.8 Å². The normalized spacial score (nSPS) is 13.2. The van der Waals surface area contributed by atoms with Crippen LogP contribution < -0.4 is 4.74 Å². The third kappa shape index (κ3) is 3.50. The van der Waals surface area contributed by atoms with Gasteiger partial charge in [0.25, 0.3) is 0 Å². The number of aliphatic carboxylic acids is 1. The smallest absolute Gasteiger partial charge is 0.479 e. The lowest BCUT2D eigenvalue weighted by Crippen LogP contribution is -2.18. The van der Waals surface area contributed by atoms with Crippen LogP contribution >= 0.6 is 11.6 Å². The molecule has 0 aliphatic heterocycles. The fourth-order valence-corrected chi connectivity index (χ4v) is 1.34. The molecule has 1 atom stereocenters. The molecule has 17 heavy (non-hydrogen) atoms. The number of halogens is 4. The molecule has 0 amide bonds. The molecule has 0 aromatic heterocycles. The second kappa shape index (κ2) is 4.80. The van der Waals surface area contributed by atoms with E-state index in [2.05, 4.69) is 4.74 Å². The van der Waals surface area contributed by atoms with Gasteiger partial charge in [0.2, 0.25) is 0 Å². The second-order valence-corrected chi connectivity index (χ2v) is 3.33. The molecular weight excluding hydrogens is 265 g/mol. The van der Waals surface area contributed by atoms with E-state index in [0.29, 0.717) is 0 Å². The maximum Gasteiger partial charge on any atom is 0.573 e. The van der Waals surface area contributed by atoms with Gasteiger partial charge >= 0.3 is 12.3 Å². The number of carbonyl (C=O) groups is 1. The van der Waals surface area contributed by atoms with E-state index < -0.39 is 29.2 Å². The van der Waals surface area contributed by atoms with Gasteiger partial charge in [0, 0.05) is 5.56 Å². The number of rotatable bonds is 3. The maximum absolute atomic E-state index is 12.0. The van der Waals surface area contributed by atoms with E-state index in [0.717, 1.165) is 18.2 Å². The van der Waals surface area contributed by atoms with E-state index in [4.69, 9.17) is 16.7 Å². The number of benzene rings is 1. The summed E-state index contributed by atoms with van der Waals surface area (Å²) in [6, 6.07) is 3.09. The highest BCUT2D eigenvalue weighted by Gasteiger charge is 2.33. The van der Waals surface area contributed by atoms with Gasteiger partial charge in [-0.15, -0.1) is 13.2 Å². The van der Waals surface area contributed by atoms with Crippen molar-refractivity contribution in [1.29, 1.82) is 0 Å². The molecule has 0 heterocycles. The summed E-state index contributed by atoms with van der Waals surface area (Å²) < 4.78 is 39.4. The highest BCUT2D eigenvalue weighted by molar-refractivity contribution is 6.33. The fraction of sp³-hybridized carbons (Fsp3) is 0.222. The number of aliphatic hydroxyl groups excluding tert-OH is 1. The second-order valence-electron chi connectivity index (χ2n) is 2.95. The van der Waals surface area contributed by atoms with Crippen LogP contribution in [0.5, 0.6) is 5.75 Å². The van der Waals surface area contributed by atoms with Crippen molar-refractivity contribution in [2.45, 2.75) is 12.5 Å². The Morgan fingerprint density at radius 3 is 2.47 bits per heavy atom. The van der Waals surface area contributed by atoms with Gasteiger partial charge in [-0.1, -0.05) is 23.7 Å². The molecule has 0 aliphatic carbocycles. The Balaban J connectivity index is 3.12. The van der Waals surface area contributed by atoms with E-state index in [1.165, 1.54) is 0 Å². The highest BCUT2D eigenvalue weighted by atomic mass is 35.5. The van der Waals surface area contributed by atoms with Crippen LogP contribution in [0.2, 0.25) is 5.02 Å². The predicted octanol–water partition coefficient (Wildman–Crippen LogP) is 2.36. The molecule has 1 rings (SSSR count). The SMILES string of the molecule is O=C(O)C(O)c1cccc(OC(F)(F)F)c1Cl. The van der Waals surface area contributed by atoms with E-state index in [-0.39, 0.29) is 5.56 Å². The average Bonchev–Trinajstić information content (AvgIpc) is 2.18. The van der Waals surface area contributed by atoms with Gasteiger partial charge in [0.05, 0.1) is 5.02 Å². The molecule has 0 spiro atoms. The molecule has 1 aromatic rings. The zero-order valence-electron chi connectivity index (χ0n) is 8.03. The first kappa shape index (κ1) is 13.6. The van der Waals surface area contributed by atoms with Crippen LogP contribution in [0.15, 0.2) is 18.2 Å². The summed E-state index contributed by atoms with van der Waals surface area (Å²) in [6.07, 6.45) is -6.96. The lowest BCUT2D eigenvalue weighted by Gasteiger charge is -2.14. The van der Waals surface area contributed by atoms with Gasteiger partial charge in [-0.3, -0.25) is 0 Å². The summed E-state index contributed by atoms with van der Waals surface area (Å²) in [7, 11) is 0. The third-order valence-corrected chi connectivity index (χ3v) is 2.15. The minimum atomic E-state index is -4.95. The third-order valence-electron chi connectivity index (χ3n) is 1.75. The van der Waals surface area contributed by atoms with Crippen LogP contribution in [0, 0.1) is 0 Å². The fourth-order valence-electron chi connectivity index (χ4n) is 1.08. The van der Waals surface area contributed by atoms with Crippen molar-refractivity contribution in [2.75, 3.05) is 0 Å². The molecule has 94 valence electrons. The molecule has 1 unspecified atom stereocenters. The van der Waals surface area contributed by atoms with Crippen LogP contribution in [0.4, 0.5) is 13.2 Å². The number of carboxylic acids is 1. The Morgan fingerprint density at radius 1 is 1.41 bits per heavy atom. The zero-order chi connectivity index (χ0) is 13.2. The number of hydrogen-bond donors (Lipinski definition) is 2. The molecule has 2 N–H and O–H groups in total. The first-order chi connectivity index (χ1) is 7.72. The molecule has 1 aromatic carbocycles. The van der Waals surface area contributed by atoms with E-state index in [9.17, 15) is 23.1 Å². The predicted molar refractivity (Wildman–Crippen MR) is 50.7 cm³/mol. The van der Waals surface area contributed by atoms with Crippen molar-refractivity contribution in [2.24, 2.45) is 0 Å². The van der Waals surface area contributed by atoms with Crippen LogP contribution in [0.3, 0.4) is 0 Å². The van der Waals surface area contributed by atoms with Crippen LogP contribution in [-0.4, -0.2) is 22.5 Å². The molecule has 0 fully saturated rings. The molecule has 8 heteroatoms. The Bertz CT molecular complexity index is 433. The Labute approximate surface area is 98.2 Å². The van der Waals surface area contributed by atoms with Crippen molar-refractivity contribution in [3.63, 3.8) is 0 Å². The molecule has 4 nitrogen and oxygen atoms in total. The Morgan fingerprint density at radius 2 is 2.00 bits per heavy atom. The Hall–Kier alpha value is -1.47. The summed E-state index contributed by atoms with van der Waals surface area (Å²) >= 11 is 5.51. The number of carboxylic acid groups (broad SMARTS) is 1. The average molecular weight is 271 g/mol. The quantitative estimate of drug-likeness (QED) is 0.885. The van der Waals surface area contributed by atoms with Gasteiger partial charge in [-0.2, -0.15) is 0 Å². The molecule has 0 saturated heterocycles. The summed E-state index contributed by atoms with van der Waals surface area (Å²) in [4.78, 5) is 10.5. The zero-order valence-corrected chi connectivity index (χ0v) is 8.79. The molecule has 0 aliphatic rings. The van der Waals surface area contributed by atoms with Crippen molar-refractivity contribution in [3.8, 4) is 5.75 Å². The van der Waals surface area contributed by atoms with Gasteiger partial charge in [0.1, 0.15) is 5.75 Å². The van der Waals surface area contributed by atoms with Crippen molar-refractivity contribution < 1.29 is 32.9 Å². The van der Waals surface area contributed by atoms with Crippen LogP contribution in [0.25, 0.3) is 0 Å². The van der Waals surface area contributed by atoms with E-state index in [1.807, 2.05) is 0 Å². The molecule has 0 saturated carbocycles.